The van der Waals surface area contributed by atoms with Gasteiger partial charge in [0.05, 0.1) is 0 Å². The predicted molar refractivity (Wildman–Crippen MR) is 11.6 cm³/mol. The molecule has 29 valence electrons. The number of rotatable bonds is 0. The third kappa shape index (κ3) is 9.22. The smallest absolute Gasteiger partial charge is 1.00 e. The molecular weight excluding hydrogens is 156 g/mol. The van der Waals surface area contributed by atoms with E-state index in [2.05, 4.69) is 0 Å². The molecule has 0 aromatic carbocycles. The summed E-state index contributed by atoms with van der Waals surface area (Å²) >= 11 is 0. The normalized spacial score (nSPS) is 0. The summed E-state index contributed by atoms with van der Waals surface area (Å²) in [6.45, 7) is 0. The van der Waals surface area contributed by atoms with Crippen molar-refractivity contribution in [3.63, 3.8) is 0 Å². The molecule has 0 aromatic heterocycles. The van der Waals surface area contributed by atoms with Crippen molar-refractivity contribution in [2.24, 2.45) is 0 Å². The Morgan fingerprint density at radius 1 is 1.25 bits per heavy atom. The quantitative estimate of drug-likeness (QED) is 0.407. The van der Waals surface area contributed by atoms with Gasteiger partial charge in [-0.15, -0.1) is 0 Å². The van der Waals surface area contributed by atoms with Crippen molar-refractivity contribution in [2.75, 3.05) is 0 Å². The Morgan fingerprint density at radius 2 is 1.25 bits per heavy atom. The van der Waals surface area contributed by atoms with E-state index in [1.807, 2.05) is 0 Å². The van der Waals surface area contributed by atoms with Crippen LogP contribution in [0.5, 0.6) is 0 Å². The molecule has 0 saturated heterocycles. The third-order valence-corrected chi connectivity index (χ3v) is 0. The van der Waals surface area contributed by atoms with Gasteiger partial charge in [-0.2, -0.15) is 0 Å². The molecule has 0 aliphatic heterocycles. The first-order valence-corrected chi connectivity index (χ1v) is 0. The van der Waals surface area contributed by atoms with E-state index in [1.165, 1.54) is 0 Å². The molecule has 4 heteroatoms. The Balaban J connectivity index is 0. The largest absolute Gasteiger partial charge is 2.00 e. The standard InChI is InChI=1S/Cr.Cu.Mg.H2O.2H/h;;;1H2;;/q;;+2;;2*-1. The minimum absolute atomic E-state index is 0. The molecule has 0 saturated carbocycles. The van der Waals surface area contributed by atoms with Crippen LogP contribution in [0.2, 0.25) is 0 Å². The Bertz CT molecular complexity index is 13.5. The average Bonchev–Trinajstić information content (AvgIpc) is 0. The molecule has 0 aromatic rings. The van der Waals surface area contributed by atoms with Crippen molar-refractivity contribution in [2.45, 2.75) is 0 Å². The van der Waals surface area contributed by atoms with Crippen molar-refractivity contribution >= 4 is 23.1 Å². The minimum atomic E-state index is 0. The monoisotopic (exact) mass is 159 g/mol. The molecule has 4 heavy (non-hydrogen) atoms. The fraction of sp³-hybridized carbons (Fsp3) is 0. The number of hydrogen-bond donors (Lipinski definition) is 0. The molecule has 0 bridgehead atoms. The summed E-state index contributed by atoms with van der Waals surface area (Å²) in [5.74, 6) is 0. The van der Waals surface area contributed by atoms with E-state index in [0.717, 1.165) is 0 Å². The summed E-state index contributed by atoms with van der Waals surface area (Å²) in [5, 5.41) is 0. The van der Waals surface area contributed by atoms with Gasteiger partial charge in [-0.25, -0.2) is 0 Å². The summed E-state index contributed by atoms with van der Waals surface area (Å²) in [6, 6.07) is 0. The summed E-state index contributed by atoms with van der Waals surface area (Å²) in [7, 11) is 0. The first kappa shape index (κ1) is 41.7. The molecule has 0 amide bonds. The number of hydrogen-bond acceptors (Lipinski definition) is 0. The molecule has 0 atom stereocenters. The van der Waals surface area contributed by atoms with Crippen LogP contribution in [0, 0.1) is 0 Å². The molecule has 2 N–H and O–H groups in total. The van der Waals surface area contributed by atoms with Crippen LogP contribution < -0.4 is 0 Å². The summed E-state index contributed by atoms with van der Waals surface area (Å²) < 4.78 is 0. The summed E-state index contributed by atoms with van der Waals surface area (Å²) in [6.07, 6.45) is 0. The van der Waals surface area contributed by atoms with E-state index in [4.69, 9.17) is 0 Å². The van der Waals surface area contributed by atoms with Crippen LogP contribution in [0.4, 0.5) is 0 Å². The van der Waals surface area contributed by atoms with Gasteiger partial charge < -0.3 is 8.33 Å². The Hall–Kier alpha value is 1.78. The van der Waals surface area contributed by atoms with Crippen LogP contribution in [0.3, 0.4) is 0 Å². The van der Waals surface area contributed by atoms with Crippen molar-refractivity contribution in [3.05, 3.63) is 0 Å². The van der Waals surface area contributed by atoms with Crippen LogP contribution in [0.25, 0.3) is 0 Å². The molecule has 0 unspecified atom stereocenters. The maximum absolute atomic E-state index is 0. The molecule has 1 nitrogen and oxygen atoms in total. The molecule has 0 aliphatic rings. The first-order chi connectivity index (χ1) is 0. The molecule has 0 heterocycles. The van der Waals surface area contributed by atoms with Gasteiger partial charge in [0.25, 0.3) is 0 Å². The Kier molecular flexibility index (Phi) is 225. The zero-order valence-corrected chi connectivity index (χ0v) is 5.55. The van der Waals surface area contributed by atoms with Crippen LogP contribution in [-0.4, -0.2) is 28.5 Å². The molecule has 1 radical (unpaired) electrons. The fourth-order valence-corrected chi connectivity index (χ4v) is 0. The van der Waals surface area contributed by atoms with Gasteiger partial charge in [0.2, 0.25) is 0 Å². The van der Waals surface area contributed by atoms with Gasteiger partial charge in [-0.1, -0.05) is 0 Å². The van der Waals surface area contributed by atoms with Crippen molar-refractivity contribution < 1.29 is 42.8 Å². The fourth-order valence-electron chi connectivity index (χ4n) is 0. The summed E-state index contributed by atoms with van der Waals surface area (Å²) in [4.78, 5) is 0. The minimum Gasteiger partial charge on any atom is -1.00 e. The second-order valence-corrected chi connectivity index (χ2v) is 0. The molecular formula is H4CrCuMgO. The van der Waals surface area contributed by atoms with Gasteiger partial charge in [0.15, 0.2) is 0 Å². The van der Waals surface area contributed by atoms with E-state index in [9.17, 15) is 0 Å². The van der Waals surface area contributed by atoms with E-state index in [0.29, 0.717) is 0 Å². The maximum Gasteiger partial charge on any atom is 2.00 e. The van der Waals surface area contributed by atoms with E-state index < -0.39 is 0 Å². The van der Waals surface area contributed by atoms with Crippen LogP contribution in [-0.2, 0) is 34.4 Å². The Labute approximate surface area is 65.6 Å². The van der Waals surface area contributed by atoms with Crippen molar-refractivity contribution in [1.82, 2.24) is 0 Å². The van der Waals surface area contributed by atoms with Gasteiger partial charge in [0, 0.05) is 34.4 Å². The van der Waals surface area contributed by atoms with Gasteiger partial charge >= 0.3 is 23.1 Å². The van der Waals surface area contributed by atoms with Gasteiger partial charge in [-0.3, -0.25) is 0 Å². The maximum atomic E-state index is 0. The second-order valence-electron chi connectivity index (χ2n) is 0. The van der Waals surface area contributed by atoms with Crippen molar-refractivity contribution in [3.8, 4) is 0 Å². The average molecular weight is 160 g/mol. The predicted octanol–water partition coefficient (Wildman–Crippen LogP) is -0.986. The van der Waals surface area contributed by atoms with Crippen LogP contribution >= 0.6 is 0 Å². The first-order valence-electron chi connectivity index (χ1n) is 0. The molecule has 0 fully saturated rings. The van der Waals surface area contributed by atoms with E-state index in [1.54, 1.807) is 0 Å². The zero-order chi connectivity index (χ0) is 0. The van der Waals surface area contributed by atoms with Gasteiger partial charge in [-0.05, 0) is 0 Å². The van der Waals surface area contributed by atoms with Crippen molar-refractivity contribution in [1.29, 1.82) is 0 Å². The topological polar surface area (TPSA) is 31.5 Å². The van der Waals surface area contributed by atoms with Crippen LogP contribution in [0.15, 0.2) is 0 Å². The third-order valence-electron chi connectivity index (χ3n) is 0. The molecule has 0 spiro atoms. The second kappa shape index (κ2) is 21.6. The Morgan fingerprint density at radius 3 is 1.25 bits per heavy atom. The van der Waals surface area contributed by atoms with Crippen LogP contribution in [0.1, 0.15) is 2.85 Å². The van der Waals surface area contributed by atoms with E-state index >= 15 is 0 Å². The molecule has 0 aliphatic carbocycles. The SMILES string of the molecule is O.[Cr].[Cu].[H-].[H-].[Mg+2]. The zero-order valence-electron chi connectivity index (χ0n) is 3.92. The van der Waals surface area contributed by atoms with E-state index in [-0.39, 0.29) is 65.8 Å². The summed E-state index contributed by atoms with van der Waals surface area (Å²) in [5.41, 5.74) is 0. The van der Waals surface area contributed by atoms with Gasteiger partial charge in [0.1, 0.15) is 0 Å². The molecule has 0 rings (SSSR count).